The molecule has 0 unspecified atom stereocenters. The average Bonchev–Trinajstić information content (AvgIpc) is 2.95. The summed E-state index contributed by atoms with van der Waals surface area (Å²) in [4.78, 5) is 24.5. The van der Waals surface area contributed by atoms with E-state index in [-0.39, 0.29) is 17.2 Å². The molecule has 2 aliphatic rings. The molecule has 4 nitrogen and oxygen atoms in total. The van der Waals surface area contributed by atoms with E-state index in [0.29, 0.717) is 29.7 Å². The fourth-order valence-electron chi connectivity index (χ4n) is 3.77. The minimum atomic E-state index is -0.336. The lowest BCUT2D eigenvalue weighted by Crippen LogP contribution is -2.13. The fraction of sp³-hybridized carbons (Fsp3) is 0.529. The summed E-state index contributed by atoms with van der Waals surface area (Å²) in [6.07, 6.45) is 2.67. The molecule has 0 saturated heterocycles. The molecule has 0 fully saturated rings. The Morgan fingerprint density at radius 1 is 1.05 bits per heavy atom. The standard InChI is InChI=1S/C17H20O4/c1-17(2)7-10-11(8-17)15(20-3)14-9(5-6-12(14)18)13(10)16(19)21-4/h5-8H2,1-4H3. The van der Waals surface area contributed by atoms with Gasteiger partial charge in [-0.05, 0) is 41.4 Å². The van der Waals surface area contributed by atoms with Gasteiger partial charge in [-0.15, -0.1) is 0 Å². The average molecular weight is 288 g/mol. The Kier molecular flexibility index (Phi) is 3.08. The van der Waals surface area contributed by atoms with Crippen LogP contribution in [0.5, 0.6) is 5.75 Å². The van der Waals surface area contributed by atoms with Crippen molar-refractivity contribution in [3.8, 4) is 5.75 Å². The summed E-state index contributed by atoms with van der Waals surface area (Å²) in [6.45, 7) is 4.33. The van der Waals surface area contributed by atoms with E-state index >= 15 is 0 Å². The molecule has 1 aromatic carbocycles. The molecule has 3 rings (SSSR count). The highest BCUT2D eigenvalue weighted by atomic mass is 16.5. The summed E-state index contributed by atoms with van der Waals surface area (Å²) in [5, 5.41) is 0. The Hall–Kier alpha value is -1.84. The Balaban J connectivity index is 2.35. The van der Waals surface area contributed by atoms with Crippen LogP contribution in [0.1, 0.15) is 57.7 Å². The molecule has 0 N–H and O–H groups in total. The van der Waals surface area contributed by atoms with Crippen molar-refractivity contribution in [2.45, 2.75) is 39.5 Å². The molecule has 0 bridgehead atoms. The molecule has 0 radical (unpaired) electrons. The van der Waals surface area contributed by atoms with E-state index in [4.69, 9.17) is 9.47 Å². The van der Waals surface area contributed by atoms with Gasteiger partial charge in [0.15, 0.2) is 5.78 Å². The maximum atomic E-state index is 12.3. The van der Waals surface area contributed by atoms with E-state index in [1.807, 2.05) is 0 Å². The summed E-state index contributed by atoms with van der Waals surface area (Å²) in [5.41, 5.74) is 4.12. The summed E-state index contributed by atoms with van der Waals surface area (Å²) in [7, 11) is 2.99. The first-order valence-electron chi connectivity index (χ1n) is 7.25. The molecular weight excluding hydrogens is 268 g/mol. The third-order valence-corrected chi connectivity index (χ3v) is 4.56. The Labute approximate surface area is 124 Å². The largest absolute Gasteiger partial charge is 0.496 e. The van der Waals surface area contributed by atoms with Gasteiger partial charge in [0.05, 0.1) is 25.3 Å². The number of Topliss-reactive ketones (excluding diaryl/α,β-unsaturated/α-hetero) is 1. The summed E-state index contributed by atoms with van der Waals surface area (Å²) < 4.78 is 10.5. The van der Waals surface area contributed by atoms with Gasteiger partial charge in [-0.3, -0.25) is 4.79 Å². The number of hydrogen-bond acceptors (Lipinski definition) is 4. The van der Waals surface area contributed by atoms with Crippen molar-refractivity contribution < 1.29 is 19.1 Å². The summed E-state index contributed by atoms with van der Waals surface area (Å²) >= 11 is 0. The monoisotopic (exact) mass is 288 g/mol. The second kappa shape index (κ2) is 4.58. The van der Waals surface area contributed by atoms with Gasteiger partial charge in [-0.25, -0.2) is 4.79 Å². The quantitative estimate of drug-likeness (QED) is 0.785. The zero-order valence-electron chi connectivity index (χ0n) is 13.0. The van der Waals surface area contributed by atoms with Crippen molar-refractivity contribution in [2.75, 3.05) is 14.2 Å². The van der Waals surface area contributed by atoms with Gasteiger partial charge in [0, 0.05) is 6.42 Å². The predicted molar refractivity (Wildman–Crippen MR) is 78.2 cm³/mol. The van der Waals surface area contributed by atoms with Crippen LogP contribution in [0, 0.1) is 5.41 Å². The molecule has 21 heavy (non-hydrogen) atoms. The highest BCUT2D eigenvalue weighted by Gasteiger charge is 2.40. The topological polar surface area (TPSA) is 52.6 Å². The maximum absolute atomic E-state index is 12.3. The number of methoxy groups -OCH3 is 2. The fourth-order valence-corrected chi connectivity index (χ4v) is 3.77. The van der Waals surface area contributed by atoms with Crippen molar-refractivity contribution in [1.29, 1.82) is 0 Å². The second-order valence-electron chi connectivity index (χ2n) is 6.65. The molecule has 112 valence electrons. The van der Waals surface area contributed by atoms with Gasteiger partial charge in [0.2, 0.25) is 0 Å². The molecule has 0 saturated carbocycles. The molecule has 0 aromatic heterocycles. The van der Waals surface area contributed by atoms with E-state index in [9.17, 15) is 9.59 Å². The van der Waals surface area contributed by atoms with Crippen LogP contribution in [-0.4, -0.2) is 26.0 Å². The van der Waals surface area contributed by atoms with E-state index in [0.717, 1.165) is 29.5 Å². The molecule has 1 aromatic rings. The number of benzene rings is 1. The van der Waals surface area contributed by atoms with Crippen molar-refractivity contribution in [3.05, 3.63) is 27.8 Å². The van der Waals surface area contributed by atoms with Crippen LogP contribution in [-0.2, 0) is 24.0 Å². The number of hydrogen-bond donors (Lipinski definition) is 0. The number of fused-ring (bicyclic) bond motifs is 2. The number of carbonyl (C=O) groups excluding carboxylic acids is 2. The molecule has 0 spiro atoms. The van der Waals surface area contributed by atoms with Gasteiger partial charge in [-0.2, -0.15) is 0 Å². The number of ether oxygens (including phenoxy) is 2. The van der Waals surface area contributed by atoms with Crippen LogP contribution in [0.2, 0.25) is 0 Å². The second-order valence-corrected chi connectivity index (χ2v) is 6.65. The van der Waals surface area contributed by atoms with Crippen molar-refractivity contribution in [2.24, 2.45) is 5.41 Å². The minimum Gasteiger partial charge on any atom is -0.496 e. The van der Waals surface area contributed by atoms with Crippen molar-refractivity contribution >= 4 is 11.8 Å². The lowest BCUT2D eigenvalue weighted by molar-refractivity contribution is 0.0598. The molecular formula is C17H20O4. The van der Waals surface area contributed by atoms with Crippen molar-refractivity contribution in [3.63, 3.8) is 0 Å². The molecule has 0 heterocycles. The van der Waals surface area contributed by atoms with E-state index < -0.39 is 0 Å². The van der Waals surface area contributed by atoms with Gasteiger partial charge >= 0.3 is 5.97 Å². The molecule has 0 amide bonds. The van der Waals surface area contributed by atoms with E-state index in [1.54, 1.807) is 7.11 Å². The highest BCUT2D eigenvalue weighted by Crippen LogP contribution is 2.48. The van der Waals surface area contributed by atoms with Crippen molar-refractivity contribution in [1.82, 2.24) is 0 Å². The Morgan fingerprint density at radius 2 is 1.71 bits per heavy atom. The van der Waals surface area contributed by atoms with Crippen LogP contribution < -0.4 is 4.74 Å². The number of ketones is 1. The van der Waals surface area contributed by atoms with Crippen LogP contribution >= 0.6 is 0 Å². The molecule has 4 heteroatoms. The lowest BCUT2D eigenvalue weighted by Gasteiger charge is -2.16. The maximum Gasteiger partial charge on any atom is 0.338 e. The first-order valence-corrected chi connectivity index (χ1v) is 7.25. The lowest BCUT2D eigenvalue weighted by atomic mass is 9.89. The Morgan fingerprint density at radius 3 is 2.33 bits per heavy atom. The van der Waals surface area contributed by atoms with Gasteiger partial charge in [0.25, 0.3) is 0 Å². The predicted octanol–water partition coefficient (Wildman–Crippen LogP) is 2.74. The summed E-state index contributed by atoms with van der Waals surface area (Å²) in [5.74, 6) is 0.415. The van der Waals surface area contributed by atoms with Crippen LogP contribution in [0.4, 0.5) is 0 Å². The first-order chi connectivity index (χ1) is 9.89. The number of rotatable bonds is 2. The van der Waals surface area contributed by atoms with E-state index in [2.05, 4.69) is 13.8 Å². The smallest absolute Gasteiger partial charge is 0.338 e. The van der Waals surface area contributed by atoms with Crippen LogP contribution in [0.3, 0.4) is 0 Å². The number of carbonyl (C=O) groups is 2. The van der Waals surface area contributed by atoms with Crippen LogP contribution in [0.15, 0.2) is 0 Å². The SMILES string of the molecule is COC(=O)c1c2c(c(OC)c3c1CCC3=O)CC(C)(C)C2. The van der Waals surface area contributed by atoms with Crippen LogP contribution in [0.25, 0.3) is 0 Å². The third kappa shape index (κ3) is 1.96. The third-order valence-electron chi connectivity index (χ3n) is 4.56. The molecule has 2 aliphatic carbocycles. The van der Waals surface area contributed by atoms with Gasteiger partial charge < -0.3 is 9.47 Å². The molecule has 0 atom stereocenters. The highest BCUT2D eigenvalue weighted by molar-refractivity contribution is 6.08. The van der Waals surface area contributed by atoms with Gasteiger partial charge in [-0.1, -0.05) is 13.8 Å². The van der Waals surface area contributed by atoms with Gasteiger partial charge in [0.1, 0.15) is 5.75 Å². The zero-order chi connectivity index (χ0) is 15.4. The van der Waals surface area contributed by atoms with E-state index in [1.165, 1.54) is 7.11 Å². The summed E-state index contributed by atoms with van der Waals surface area (Å²) in [6, 6.07) is 0. The Bertz CT molecular complexity index is 655. The number of esters is 1. The normalized spacial score (nSPS) is 18.4. The first kappa shape index (κ1) is 14.1. The minimum absolute atomic E-state index is 0.0660. The molecule has 0 aliphatic heterocycles. The zero-order valence-corrected chi connectivity index (χ0v) is 13.0.